The Kier molecular flexibility index (Phi) is 8.02. The summed E-state index contributed by atoms with van der Waals surface area (Å²) in [5.74, 6) is 1.22. The topological polar surface area (TPSA) is 86.7 Å². The van der Waals surface area contributed by atoms with E-state index in [2.05, 4.69) is 17.3 Å². The number of carbonyl (C=O) groups excluding carboxylic acids is 2. The number of nitrogens with one attached hydrogen (secondary N) is 1. The summed E-state index contributed by atoms with van der Waals surface area (Å²) in [5.41, 5.74) is 3.92. The number of methoxy groups -OCH3 is 2. The first-order valence-electron chi connectivity index (χ1n) is 12.7. The number of hydrogen-bond acceptors (Lipinski definition) is 6. The predicted molar refractivity (Wildman–Crippen MR) is 144 cm³/mol. The maximum Gasteiger partial charge on any atom is 0.337 e. The quantitative estimate of drug-likeness (QED) is 0.672. The van der Waals surface area contributed by atoms with Crippen LogP contribution < -0.4 is 14.8 Å². The van der Waals surface area contributed by atoms with Crippen LogP contribution in [0.25, 0.3) is 0 Å². The number of amides is 3. The number of fused-ring (bicyclic) bond motifs is 1. The molecule has 1 atom stereocenters. The zero-order valence-corrected chi connectivity index (χ0v) is 22.6. The third-order valence-corrected chi connectivity index (χ3v) is 7.39. The van der Waals surface area contributed by atoms with Crippen LogP contribution in [0, 0.1) is 0 Å². The molecule has 0 aliphatic carbocycles. The minimum absolute atomic E-state index is 0.0105. The highest BCUT2D eigenvalue weighted by molar-refractivity contribution is 6.15. The minimum atomic E-state index is -0.289. The van der Waals surface area contributed by atoms with Crippen LogP contribution in [0.2, 0.25) is 0 Å². The van der Waals surface area contributed by atoms with Gasteiger partial charge in [0.2, 0.25) is 0 Å². The van der Waals surface area contributed by atoms with Crippen molar-refractivity contribution in [1.29, 1.82) is 0 Å². The average molecular weight is 508 g/mol. The van der Waals surface area contributed by atoms with Crippen molar-refractivity contribution < 1.29 is 19.1 Å². The molecular weight excluding hydrogens is 470 g/mol. The van der Waals surface area contributed by atoms with E-state index in [1.165, 1.54) is 5.01 Å². The fourth-order valence-corrected chi connectivity index (χ4v) is 5.07. The van der Waals surface area contributed by atoms with Crippen LogP contribution in [0.15, 0.2) is 41.5 Å². The summed E-state index contributed by atoms with van der Waals surface area (Å²) in [6.45, 7) is 3.95. The van der Waals surface area contributed by atoms with E-state index in [9.17, 15) is 9.59 Å². The molecule has 0 radical (unpaired) electrons. The van der Waals surface area contributed by atoms with Gasteiger partial charge in [0.05, 0.1) is 26.0 Å². The maximum absolute atomic E-state index is 13.2. The maximum atomic E-state index is 13.2. The Morgan fingerprint density at radius 1 is 1.05 bits per heavy atom. The van der Waals surface area contributed by atoms with Crippen LogP contribution >= 0.6 is 0 Å². The molecule has 2 aliphatic heterocycles. The summed E-state index contributed by atoms with van der Waals surface area (Å²) in [7, 11) is 8.80. The van der Waals surface area contributed by atoms with Gasteiger partial charge in [-0.05, 0) is 76.2 Å². The molecule has 37 heavy (non-hydrogen) atoms. The fraction of sp³-hybridized carbons (Fsp3) is 0.464. The summed E-state index contributed by atoms with van der Waals surface area (Å²) in [6, 6.07) is 11.1. The molecule has 9 nitrogen and oxygen atoms in total. The Morgan fingerprint density at radius 3 is 2.27 bits per heavy atom. The number of nitrogens with zero attached hydrogens (tertiary/aromatic N) is 4. The predicted octanol–water partition coefficient (Wildman–Crippen LogP) is 3.21. The lowest BCUT2D eigenvalue weighted by molar-refractivity contribution is 0.0659. The second kappa shape index (κ2) is 11.2. The Balaban J connectivity index is 1.70. The normalized spacial score (nSPS) is 18.4. The molecule has 0 spiro atoms. The minimum Gasteiger partial charge on any atom is -0.493 e. The molecule has 1 fully saturated rings. The number of benzene rings is 2. The summed E-state index contributed by atoms with van der Waals surface area (Å²) in [6.07, 6.45) is 2.54. The zero-order chi connectivity index (χ0) is 26.7. The molecule has 1 saturated heterocycles. The third-order valence-electron chi connectivity index (χ3n) is 7.39. The van der Waals surface area contributed by atoms with Gasteiger partial charge < -0.3 is 24.6 Å². The molecule has 0 bridgehead atoms. The highest BCUT2D eigenvalue weighted by Gasteiger charge is 2.29. The highest BCUT2D eigenvalue weighted by atomic mass is 16.5. The zero-order valence-electron chi connectivity index (χ0n) is 22.6. The highest BCUT2D eigenvalue weighted by Crippen LogP contribution is 2.34. The van der Waals surface area contributed by atoms with E-state index in [4.69, 9.17) is 14.6 Å². The Labute approximate surface area is 219 Å². The average Bonchev–Trinajstić information content (AvgIpc) is 3.06. The molecular formula is C28H37N5O4. The summed E-state index contributed by atoms with van der Waals surface area (Å²) in [4.78, 5) is 30.1. The number of hydrogen-bond donors (Lipinski definition) is 1. The lowest BCUT2D eigenvalue weighted by Crippen LogP contribution is -2.44. The standard InChI is InChI=1S/C28H37N5O4/c1-18-15-21-16-24(36-5)25(37-6)17-23(21)26(30-33(18)28(35)29-2)19-7-9-20(10-8-19)27(34)32(4)22-11-13-31(3)14-12-22/h7-10,16-18,22H,11-15H2,1-6H3,(H,29,35). The van der Waals surface area contributed by atoms with Crippen LogP contribution in [0.5, 0.6) is 11.5 Å². The molecule has 1 N–H and O–H groups in total. The van der Waals surface area contributed by atoms with Gasteiger partial charge in [-0.1, -0.05) is 12.1 Å². The molecule has 2 aromatic carbocycles. The van der Waals surface area contributed by atoms with E-state index in [1.54, 1.807) is 21.3 Å². The van der Waals surface area contributed by atoms with Crippen molar-refractivity contribution in [3.8, 4) is 11.5 Å². The van der Waals surface area contributed by atoms with E-state index in [0.29, 0.717) is 29.2 Å². The van der Waals surface area contributed by atoms with Crippen LogP contribution in [-0.2, 0) is 6.42 Å². The second-order valence-corrected chi connectivity index (χ2v) is 9.79. The van der Waals surface area contributed by atoms with Crippen molar-refractivity contribution in [3.05, 3.63) is 58.7 Å². The van der Waals surface area contributed by atoms with E-state index in [0.717, 1.165) is 42.6 Å². The van der Waals surface area contributed by atoms with Crippen molar-refractivity contribution in [2.24, 2.45) is 5.10 Å². The van der Waals surface area contributed by atoms with E-state index in [1.807, 2.05) is 55.3 Å². The van der Waals surface area contributed by atoms with Crippen molar-refractivity contribution in [1.82, 2.24) is 20.1 Å². The van der Waals surface area contributed by atoms with Gasteiger partial charge in [0.1, 0.15) is 0 Å². The number of rotatable bonds is 5. The lowest BCUT2D eigenvalue weighted by atomic mass is 9.93. The molecule has 4 rings (SSSR count). The third kappa shape index (κ3) is 5.41. The summed E-state index contributed by atoms with van der Waals surface area (Å²) in [5, 5.41) is 8.96. The van der Waals surface area contributed by atoms with Crippen molar-refractivity contribution in [2.75, 3.05) is 48.5 Å². The second-order valence-electron chi connectivity index (χ2n) is 9.79. The molecule has 2 aliphatic rings. The SMILES string of the molecule is CNC(=O)N1N=C(c2ccc(C(=O)N(C)C3CCN(C)CC3)cc2)c2cc(OC)c(OC)cc2CC1C. The van der Waals surface area contributed by atoms with Crippen molar-refractivity contribution in [3.63, 3.8) is 0 Å². The lowest BCUT2D eigenvalue weighted by Gasteiger charge is -2.35. The first-order valence-corrected chi connectivity index (χ1v) is 12.7. The Bertz CT molecular complexity index is 1170. The smallest absolute Gasteiger partial charge is 0.337 e. The Morgan fingerprint density at radius 2 is 1.68 bits per heavy atom. The van der Waals surface area contributed by atoms with Crippen molar-refractivity contribution in [2.45, 2.75) is 38.3 Å². The molecule has 2 aromatic rings. The number of ether oxygens (including phenoxy) is 2. The van der Waals surface area contributed by atoms with Gasteiger partial charge in [-0.2, -0.15) is 5.10 Å². The monoisotopic (exact) mass is 507 g/mol. The molecule has 1 unspecified atom stereocenters. The number of piperidine rings is 1. The first-order chi connectivity index (χ1) is 17.8. The van der Waals surface area contributed by atoms with Crippen LogP contribution in [0.4, 0.5) is 4.79 Å². The number of urea groups is 1. The van der Waals surface area contributed by atoms with Crippen molar-refractivity contribution >= 4 is 17.6 Å². The van der Waals surface area contributed by atoms with Crippen LogP contribution in [0.3, 0.4) is 0 Å². The summed E-state index contributed by atoms with van der Waals surface area (Å²) >= 11 is 0. The molecule has 198 valence electrons. The molecule has 0 saturated carbocycles. The Hall–Kier alpha value is -3.59. The molecule has 2 heterocycles. The largest absolute Gasteiger partial charge is 0.493 e. The van der Waals surface area contributed by atoms with E-state index >= 15 is 0 Å². The molecule has 9 heteroatoms. The van der Waals surface area contributed by atoms with E-state index < -0.39 is 0 Å². The van der Waals surface area contributed by atoms with Gasteiger partial charge in [0.15, 0.2) is 11.5 Å². The van der Waals surface area contributed by atoms with Gasteiger partial charge >= 0.3 is 6.03 Å². The first kappa shape index (κ1) is 26.5. The molecule has 3 amide bonds. The van der Waals surface area contributed by atoms with Gasteiger partial charge in [-0.15, -0.1) is 0 Å². The van der Waals surface area contributed by atoms with E-state index in [-0.39, 0.29) is 24.0 Å². The van der Waals surface area contributed by atoms with Crippen LogP contribution in [0.1, 0.15) is 46.8 Å². The number of hydrazone groups is 1. The van der Waals surface area contributed by atoms with Gasteiger partial charge in [-0.25, -0.2) is 9.80 Å². The number of carbonyl (C=O) groups is 2. The number of likely N-dealkylation sites (tertiary alicyclic amines) is 1. The molecule has 0 aromatic heterocycles. The van der Waals surface area contributed by atoms with Gasteiger partial charge in [0.25, 0.3) is 5.91 Å². The van der Waals surface area contributed by atoms with Crippen LogP contribution in [-0.4, -0.2) is 93.0 Å². The summed E-state index contributed by atoms with van der Waals surface area (Å²) < 4.78 is 11.1. The van der Waals surface area contributed by atoms with Gasteiger partial charge in [0, 0.05) is 36.8 Å². The fourth-order valence-electron chi connectivity index (χ4n) is 5.07. The van der Waals surface area contributed by atoms with Gasteiger partial charge in [-0.3, -0.25) is 4.79 Å².